The Kier molecular flexibility index (Phi) is 9.75. The lowest BCUT2D eigenvalue weighted by atomic mass is 9.33. The minimum atomic E-state index is -2.96. The molecule has 0 aromatic heterocycles. The summed E-state index contributed by atoms with van der Waals surface area (Å²) in [6.07, 6.45) is 0. The van der Waals surface area contributed by atoms with E-state index in [1.54, 1.807) is 0 Å². The maximum atomic E-state index is 2.70. The molecule has 3 aliphatic rings. The summed E-state index contributed by atoms with van der Waals surface area (Å²) >= 11 is 0. The molecule has 0 amide bonds. The largest absolute Gasteiger partial charge is 0.312 e. The molecular formula is C74H53BN2Si. The van der Waals surface area contributed by atoms with Crippen molar-refractivity contribution in [2.24, 2.45) is 0 Å². The number of anilines is 6. The normalized spacial score (nSPS) is 13.9. The van der Waals surface area contributed by atoms with Gasteiger partial charge in [0.05, 0.1) is 0 Å². The Morgan fingerprint density at radius 2 is 0.897 bits per heavy atom. The number of hydrogen-bond acceptors (Lipinski definition) is 2. The summed E-state index contributed by atoms with van der Waals surface area (Å²) in [7, 11) is -2.96. The van der Waals surface area contributed by atoms with Gasteiger partial charge in [0, 0.05) is 34.1 Å². The van der Waals surface area contributed by atoms with Gasteiger partial charge in [0.25, 0.3) is 6.71 Å². The summed E-state index contributed by atoms with van der Waals surface area (Å²) in [5, 5.41) is 13.3. The van der Waals surface area contributed by atoms with Crippen LogP contribution in [-0.2, 0) is 5.41 Å². The van der Waals surface area contributed by atoms with Crippen LogP contribution in [0, 0.1) is 0 Å². The highest BCUT2D eigenvalue weighted by Crippen LogP contribution is 2.50. The molecule has 78 heavy (non-hydrogen) atoms. The first-order chi connectivity index (χ1) is 38.3. The van der Waals surface area contributed by atoms with E-state index in [1.165, 1.54) is 137 Å². The standard InChI is InChI=1S/C74H53BN2Si/c1-74(2,3)54-24-18-25-55(47-54)76-65-44-52(48-20-8-4-9-21-48)38-43-62(65)75-63-30-19-33-69-73(63)77(64-31-16-17-32-68(64)78(69,56-26-12-6-13-27-56)57-28-14-7-15-29-57)67-46-53(45-66(76)72(67)75)59-40-35-51-36-41-60-58(49-22-10-5-11-23-49)39-34-50-37-42-61(59)71(51)70(50)60/h4-47H,1-3H3. The van der Waals surface area contributed by atoms with E-state index in [-0.39, 0.29) is 12.1 Å². The van der Waals surface area contributed by atoms with Crippen molar-refractivity contribution in [1.82, 2.24) is 0 Å². The summed E-state index contributed by atoms with van der Waals surface area (Å²) in [5.74, 6) is 0. The Balaban J connectivity index is 1.05. The molecule has 13 aromatic carbocycles. The van der Waals surface area contributed by atoms with Crippen LogP contribution >= 0.6 is 0 Å². The first kappa shape index (κ1) is 45.0. The molecule has 0 saturated carbocycles. The molecule has 0 spiro atoms. The van der Waals surface area contributed by atoms with E-state index in [1.807, 2.05) is 0 Å². The lowest BCUT2D eigenvalue weighted by molar-refractivity contribution is 0.590. The summed E-state index contributed by atoms with van der Waals surface area (Å²) < 4.78 is 0. The van der Waals surface area contributed by atoms with E-state index in [0.717, 1.165) is 5.69 Å². The van der Waals surface area contributed by atoms with Crippen LogP contribution in [-0.4, -0.2) is 14.8 Å². The Morgan fingerprint density at radius 1 is 0.359 bits per heavy atom. The zero-order valence-electron chi connectivity index (χ0n) is 43.9. The molecular weight excluding hydrogens is 956 g/mol. The number of nitrogens with zero attached hydrogens (tertiary/aromatic N) is 2. The zero-order chi connectivity index (χ0) is 51.9. The highest BCUT2D eigenvalue weighted by molar-refractivity contribution is 7.22. The van der Waals surface area contributed by atoms with E-state index < -0.39 is 8.07 Å². The molecule has 0 N–H and O–H groups in total. The second-order valence-electron chi connectivity index (χ2n) is 22.7. The summed E-state index contributed by atoms with van der Waals surface area (Å²) in [6.45, 7) is 6.93. The molecule has 2 nitrogen and oxygen atoms in total. The molecule has 0 bridgehead atoms. The van der Waals surface area contributed by atoms with Gasteiger partial charge in [-0.25, -0.2) is 0 Å². The third kappa shape index (κ3) is 6.38. The van der Waals surface area contributed by atoms with Crippen molar-refractivity contribution in [2.75, 3.05) is 9.80 Å². The van der Waals surface area contributed by atoms with Gasteiger partial charge in [0.1, 0.15) is 0 Å². The number of benzene rings is 13. The van der Waals surface area contributed by atoms with Crippen molar-refractivity contribution < 1.29 is 0 Å². The van der Waals surface area contributed by atoms with Gasteiger partial charge in [-0.05, 0) is 150 Å². The van der Waals surface area contributed by atoms with Gasteiger partial charge in [-0.2, -0.15) is 0 Å². The van der Waals surface area contributed by atoms with Crippen molar-refractivity contribution in [2.45, 2.75) is 26.2 Å². The average molecular weight is 1010 g/mol. The molecule has 3 heterocycles. The fourth-order valence-electron chi connectivity index (χ4n) is 14.2. The Labute approximate surface area is 457 Å². The molecule has 0 aliphatic carbocycles. The van der Waals surface area contributed by atoms with Crippen molar-refractivity contribution in [1.29, 1.82) is 0 Å². The minimum absolute atomic E-state index is 0.0570. The van der Waals surface area contributed by atoms with E-state index in [4.69, 9.17) is 0 Å². The number of rotatable bonds is 6. The molecule has 16 rings (SSSR count). The van der Waals surface area contributed by atoms with Crippen molar-refractivity contribution in [3.63, 3.8) is 0 Å². The monoisotopic (exact) mass is 1010 g/mol. The van der Waals surface area contributed by atoms with Gasteiger partial charge >= 0.3 is 0 Å². The van der Waals surface area contributed by atoms with Crippen LogP contribution in [0.2, 0.25) is 0 Å². The van der Waals surface area contributed by atoms with Gasteiger partial charge in [-0.3, -0.25) is 0 Å². The van der Waals surface area contributed by atoms with Gasteiger partial charge in [-0.15, -0.1) is 0 Å². The topological polar surface area (TPSA) is 6.48 Å². The maximum Gasteiger partial charge on any atom is 0.252 e. The van der Waals surface area contributed by atoms with Crippen molar-refractivity contribution in [3.8, 4) is 33.4 Å². The Hall–Kier alpha value is -9.22. The number of hydrogen-bond donors (Lipinski definition) is 0. The first-order valence-corrected chi connectivity index (χ1v) is 29.5. The lowest BCUT2D eigenvalue weighted by Crippen LogP contribution is -2.79. The quantitative estimate of drug-likeness (QED) is 0.121. The van der Waals surface area contributed by atoms with Gasteiger partial charge < -0.3 is 9.80 Å². The van der Waals surface area contributed by atoms with Gasteiger partial charge in [0.2, 0.25) is 0 Å². The van der Waals surface area contributed by atoms with Crippen molar-refractivity contribution >= 4 is 118 Å². The van der Waals surface area contributed by atoms with Gasteiger partial charge in [-0.1, -0.05) is 251 Å². The van der Waals surface area contributed by atoms with E-state index in [0.29, 0.717) is 0 Å². The smallest absolute Gasteiger partial charge is 0.252 e. The molecule has 366 valence electrons. The minimum Gasteiger partial charge on any atom is -0.312 e. The van der Waals surface area contributed by atoms with Crippen LogP contribution in [0.25, 0.3) is 65.7 Å². The van der Waals surface area contributed by atoms with E-state index in [9.17, 15) is 0 Å². The molecule has 3 aliphatic heterocycles. The SMILES string of the molecule is CC(C)(C)c1cccc(N2c3cc(-c4ccccc4)ccc3B3c4cccc5c4N(c4ccccc4[Si]5(c4ccccc4)c4ccccc4)c4cc(-c5ccc6ccc7c(-c8ccccc8)ccc8ccc5c6c87)cc2c43)c1. The van der Waals surface area contributed by atoms with E-state index in [2.05, 4.69) is 297 Å². The number of para-hydroxylation sites is 2. The summed E-state index contributed by atoms with van der Waals surface area (Å²) in [5.41, 5.74) is 20.0. The third-order valence-electron chi connectivity index (χ3n) is 17.6. The Bertz CT molecular complexity index is 4510. The first-order valence-electron chi connectivity index (χ1n) is 27.5. The Morgan fingerprint density at radius 3 is 1.55 bits per heavy atom. The lowest BCUT2D eigenvalue weighted by Gasteiger charge is -2.51. The third-order valence-corrected chi connectivity index (χ3v) is 22.4. The highest BCUT2D eigenvalue weighted by Gasteiger charge is 2.53. The van der Waals surface area contributed by atoms with Gasteiger partial charge in [0.15, 0.2) is 8.07 Å². The average Bonchev–Trinajstić information content (AvgIpc) is 2.04. The second-order valence-corrected chi connectivity index (χ2v) is 26.5. The second kappa shape index (κ2) is 16.9. The fourth-order valence-corrected chi connectivity index (χ4v) is 19.3. The van der Waals surface area contributed by atoms with Crippen LogP contribution in [0.3, 0.4) is 0 Å². The van der Waals surface area contributed by atoms with Crippen LogP contribution in [0.15, 0.2) is 267 Å². The fraction of sp³-hybridized carbons (Fsp3) is 0.0541. The van der Waals surface area contributed by atoms with Crippen molar-refractivity contribution in [3.05, 3.63) is 272 Å². The maximum absolute atomic E-state index is 2.96. The van der Waals surface area contributed by atoms with Crippen LogP contribution in [0.1, 0.15) is 26.3 Å². The predicted octanol–water partition coefficient (Wildman–Crippen LogP) is 14.7. The molecule has 4 heteroatoms. The summed E-state index contributed by atoms with van der Waals surface area (Å²) in [6, 6.07) is 102. The molecule has 0 fully saturated rings. The molecule has 0 radical (unpaired) electrons. The molecule has 0 saturated heterocycles. The highest BCUT2D eigenvalue weighted by atomic mass is 28.3. The predicted molar refractivity (Wildman–Crippen MR) is 336 cm³/mol. The zero-order valence-corrected chi connectivity index (χ0v) is 44.9. The van der Waals surface area contributed by atoms with Crippen LogP contribution in [0.4, 0.5) is 34.1 Å². The number of fused-ring (bicyclic) bond motifs is 6. The van der Waals surface area contributed by atoms with Crippen LogP contribution < -0.4 is 46.9 Å². The molecule has 13 aromatic rings. The van der Waals surface area contributed by atoms with Crippen LogP contribution in [0.5, 0.6) is 0 Å². The van der Waals surface area contributed by atoms with E-state index >= 15 is 0 Å². The molecule has 0 unspecified atom stereocenters. The molecule has 0 atom stereocenters. The summed E-state index contributed by atoms with van der Waals surface area (Å²) in [4.78, 5) is 5.32.